The quantitative estimate of drug-likeness (QED) is 0.817. The molecule has 1 saturated heterocycles. The topological polar surface area (TPSA) is 75.7 Å². The Bertz CT molecular complexity index is 844. The summed E-state index contributed by atoms with van der Waals surface area (Å²) in [5.74, 6) is -0.274. The third kappa shape index (κ3) is 4.15. The van der Waals surface area contributed by atoms with Crippen LogP contribution in [0.3, 0.4) is 0 Å². The van der Waals surface area contributed by atoms with Crippen LogP contribution in [0.1, 0.15) is 34.6 Å². The minimum absolute atomic E-state index is 0.0815. The summed E-state index contributed by atoms with van der Waals surface area (Å²) in [6, 6.07) is 10.1. The average Bonchev–Trinajstić information content (AvgIpc) is 3.21. The Morgan fingerprint density at radius 3 is 2.69 bits per heavy atom. The molecule has 2 aromatic rings. The lowest BCUT2D eigenvalue weighted by atomic mass is 10.1. The molecule has 0 spiro atoms. The number of nitrogens with one attached hydrogen (secondary N) is 1. The standard InChI is InChI=1S/C18H22N2O4S2/c1-2-16(17-7-4-12-25-17)19-18(21)14-5-3-6-15(13-14)26(22,23)20-8-10-24-11-9-20/h3-7,12-13,16H,2,8-11H2,1H3,(H,19,21). The number of morpholine rings is 1. The van der Waals surface area contributed by atoms with Gasteiger partial charge in [0.15, 0.2) is 0 Å². The maximum atomic E-state index is 12.8. The van der Waals surface area contributed by atoms with Crippen LogP contribution < -0.4 is 5.32 Å². The SMILES string of the molecule is CCC(NC(=O)c1cccc(S(=O)(=O)N2CCOCC2)c1)c1cccs1. The van der Waals surface area contributed by atoms with Gasteiger partial charge < -0.3 is 10.1 Å². The van der Waals surface area contributed by atoms with E-state index in [0.29, 0.717) is 31.9 Å². The van der Waals surface area contributed by atoms with Crippen molar-refractivity contribution in [1.29, 1.82) is 0 Å². The minimum atomic E-state index is -3.62. The zero-order valence-corrected chi connectivity index (χ0v) is 16.2. The first-order valence-corrected chi connectivity index (χ1v) is 10.9. The third-order valence-electron chi connectivity index (χ3n) is 4.30. The van der Waals surface area contributed by atoms with Crippen molar-refractivity contribution in [2.24, 2.45) is 0 Å². The number of hydrogen-bond acceptors (Lipinski definition) is 5. The first-order chi connectivity index (χ1) is 12.5. The number of rotatable bonds is 6. The number of hydrogen-bond donors (Lipinski definition) is 1. The molecular formula is C18H22N2O4S2. The van der Waals surface area contributed by atoms with Crippen LogP contribution in [0.5, 0.6) is 0 Å². The molecule has 1 unspecified atom stereocenters. The monoisotopic (exact) mass is 394 g/mol. The van der Waals surface area contributed by atoms with Crippen LogP contribution in [-0.4, -0.2) is 44.9 Å². The molecule has 26 heavy (non-hydrogen) atoms. The van der Waals surface area contributed by atoms with Crippen molar-refractivity contribution in [3.63, 3.8) is 0 Å². The number of benzene rings is 1. The van der Waals surface area contributed by atoms with E-state index in [1.165, 1.54) is 16.4 Å². The molecular weight excluding hydrogens is 372 g/mol. The van der Waals surface area contributed by atoms with Gasteiger partial charge in [0.05, 0.1) is 24.2 Å². The van der Waals surface area contributed by atoms with Gasteiger partial charge in [0.2, 0.25) is 10.0 Å². The Labute approximate surface area is 157 Å². The fourth-order valence-corrected chi connectivity index (χ4v) is 5.15. The van der Waals surface area contributed by atoms with Crippen LogP contribution >= 0.6 is 11.3 Å². The fraction of sp³-hybridized carbons (Fsp3) is 0.389. The maximum Gasteiger partial charge on any atom is 0.251 e. The Balaban J connectivity index is 1.79. The highest BCUT2D eigenvalue weighted by molar-refractivity contribution is 7.89. The van der Waals surface area contributed by atoms with E-state index in [1.54, 1.807) is 23.5 Å². The second-order valence-electron chi connectivity index (χ2n) is 5.99. The van der Waals surface area contributed by atoms with E-state index in [9.17, 15) is 13.2 Å². The maximum absolute atomic E-state index is 12.8. The molecule has 1 N–H and O–H groups in total. The van der Waals surface area contributed by atoms with Crippen molar-refractivity contribution in [3.05, 3.63) is 52.2 Å². The number of ether oxygens (including phenoxy) is 1. The summed E-state index contributed by atoms with van der Waals surface area (Å²) < 4.78 is 32.1. The number of carbonyl (C=O) groups excluding carboxylic acids is 1. The summed E-state index contributed by atoms with van der Waals surface area (Å²) in [7, 11) is -3.62. The normalized spacial score (nSPS) is 17.0. The first kappa shape index (κ1) is 19.0. The predicted octanol–water partition coefficient (Wildman–Crippen LogP) is 2.65. The summed E-state index contributed by atoms with van der Waals surface area (Å²) in [6.45, 7) is 3.44. The Kier molecular flexibility index (Phi) is 6.08. The summed E-state index contributed by atoms with van der Waals surface area (Å²) in [5.41, 5.74) is 0.342. The largest absolute Gasteiger partial charge is 0.379 e. The van der Waals surface area contributed by atoms with E-state index in [-0.39, 0.29) is 16.8 Å². The summed E-state index contributed by atoms with van der Waals surface area (Å²) in [4.78, 5) is 13.8. The Morgan fingerprint density at radius 1 is 1.27 bits per heavy atom. The van der Waals surface area contributed by atoms with Gasteiger partial charge in [-0.1, -0.05) is 19.1 Å². The lowest BCUT2D eigenvalue weighted by Crippen LogP contribution is -2.40. The van der Waals surface area contributed by atoms with E-state index < -0.39 is 10.0 Å². The highest BCUT2D eigenvalue weighted by Gasteiger charge is 2.27. The number of amides is 1. The molecule has 0 aliphatic carbocycles. The summed E-state index contributed by atoms with van der Waals surface area (Å²) in [5, 5.41) is 4.96. The molecule has 1 fully saturated rings. The van der Waals surface area contributed by atoms with Crippen molar-refractivity contribution in [3.8, 4) is 0 Å². The summed E-state index contributed by atoms with van der Waals surface area (Å²) in [6.07, 6.45) is 0.762. The van der Waals surface area contributed by atoms with Gasteiger partial charge in [-0.05, 0) is 36.1 Å². The molecule has 1 aliphatic heterocycles. The summed E-state index contributed by atoms with van der Waals surface area (Å²) >= 11 is 1.59. The molecule has 1 aliphatic rings. The minimum Gasteiger partial charge on any atom is -0.379 e. The zero-order chi connectivity index (χ0) is 18.6. The molecule has 0 radical (unpaired) electrons. The first-order valence-electron chi connectivity index (χ1n) is 8.54. The lowest BCUT2D eigenvalue weighted by Gasteiger charge is -2.26. The third-order valence-corrected chi connectivity index (χ3v) is 7.18. The molecule has 2 heterocycles. The van der Waals surface area contributed by atoms with E-state index in [0.717, 1.165) is 11.3 Å². The molecule has 3 rings (SSSR count). The highest BCUT2D eigenvalue weighted by Crippen LogP contribution is 2.23. The van der Waals surface area contributed by atoms with Crippen LogP contribution in [0.15, 0.2) is 46.7 Å². The molecule has 1 aromatic heterocycles. The number of sulfonamides is 1. The van der Waals surface area contributed by atoms with Crippen molar-refractivity contribution in [2.75, 3.05) is 26.3 Å². The molecule has 1 amide bonds. The van der Waals surface area contributed by atoms with Crippen molar-refractivity contribution >= 4 is 27.3 Å². The second kappa shape index (κ2) is 8.30. The van der Waals surface area contributed by atoms with Crippen LogP contribution in [0.2, 0.25) is 0 Å². The molecule has 140 valence electrons. The smallest absolute Gasteiger partial charge is 0.251 e. The van der Waals surface area contributed by atoms with Gasteiger partial charge in [-0.25, -0.2) is 8.42 Å². The van der Waals surface area contributed by atoms with Crippen LogP contribution in [0, 0.1) is 0 Å². The Hall–Kier alpha value is -1.74. The molecule has 0 saturated carbocycles. The van der Waals surface area contributed by atoms with Gasteiger partial charge in [-0.15, -0.1) is 11.3 Å². The fourth-order valence-electron chi connectivity index (χ4n) is 2.84. The van der Waals surface area contributed by atoms with Crippen LogP contribution in [0.4, 0.5) is 0 Å². The zero-order valence-electron chi connectivity index (χ0n) is 14.6. The Morgan fingerprint density at radius 2 is 2.04 bits per heavy atom. The van der Waals surface area contributed by atoms with Gasteiger partial charge in [0.25, 0.3) is 5.91 Å². The molecule has 1 aromatic carbocycles. The molecule has 8 heteroatoms. The number of carbonyl (C=O) groups is 1. The van der Waals surface area contributed by atoms with Gasteiger partial charge in [-0.3, -0.25) is 4.79 Å². The van der Waals surface area contributed by atoms with E-state index in [1.807, 2.05) is 24.4 Å². The molecule has 6 nitrogen and oxygen atoms in total. The van der Waals surface area contributed by atoms with Gasteiger partial charge in [-0.2, -0.15) is 4.31 Å². The van der Waals surface area contributed by atoms with E-state index >= 15 is 0 Å². The number of nitrogens with zero attached hydrogens (tertiary/aromatic N) is 1. The number of thiophene rings is 1. The highest BCUT2D eigenvalue weighted by atomic mass is 32.2. The average molecular weight is 395 g/mol. The van der Waals surface area contributed by atoms with E-state index in [4.69, 9.17) is 4.74 Å². The lowest BCUT2D eigenvalue weighted by molar-refractivity contribution is 0.0730. The van der Waals surface area contributed by atoms with Crippen molar-refractivity contribution in [2.45, 2.75) is 24.3 Å². The second-order valence-corrected chi connectivity index (χ2v) is 8.91. The molecule has 1 atom stereocenters. The van der Waals surface area contributed by atoms with Gasteiger partial charge in [0, 0.05) is 23.5 Å². The van der Waals surface area contributed by atoms with Crippen molar-refractivity contribution < 1.29 is 17.9 Å². The van der Waals surface area contributed by atoms with Gasteiger partial charge in [0.1, 0.15) is 0 Å². The van der Waals surface area contributed by atoms with E-state index in [2.05, 4.69) is 5.32 Å². The van der Waals surface area contributed by atoms with Gasteiger partial charge >= 0.3 is 0 Å². The van der Waals surface area contributed by atoms with Crippen molar-refractivity contribution in [1.82, 2.24) is 9.62 Å². The van der Waals surface area contributed by atoms with Crippen LogP contribution in [-0.2, 0) is 14.8 Å². The van der Waals surface area contributed by atoms with Crippen LogP contribution in [0.25, 0.3) is 0 Å². The molecule has 0 bridgehead atoms. The predicted molar refractivity (Wildman–Crippen MR) is 101 cm³/mol.